The average Bonchev–Trinajstić information content (AvgIpc) is 3.18. The molecule has 0 bridgehead atoms. The van der Waals surface area contributed by atoms with E-state index in [4.69, 9.17) is 4.99 Å². The van der Waals surface area contributed by atoms with Crippen LogP contribution in [0, 0.1) is 5.92 Å². The van der Waals surface area contributed by atoms with Crippen molar-refractivity contribution in [3.05, 3.63) is 165 Å². The van der Waals surface area contributed by atoms with E-state index >= 15 is 0 Å². The van der Waals surface area contributed by atoms with Crippen molar-refractivity contribution in [2.75, 3.05) is 0 Å². The van der Waals surface area contributed by atoms with Crippen molar-refractivity contribution in [2.24, 2.45) is 10.9 Å². The van der Waals surface area contributed by atoms with Crippen molar-refractivity contribution in [1.29, 1.82) is 0 Å². The molecule has 7 aliphatic rings. The van der Waals surface area contributed by atoms with Crippen molar-refractivity contribution in [3.8, 4) is 0 Å². The molecule has 0 spiro atoms. The van der Waals surface area contributed by atoms with E-state index in [9.17, 15) is 0 Å². The molecule has 10 rings (SSSR count). The Hall–Kier alpha value is -4.23. The molecule has 48 heavy (non-hydrogen) atoms. The van der Waals surface area contributed by atoms with Gasteiger partial charge in [-0.15, -0.1) is 0 Å². The van der Waals surface area contributed by atoms with Crippen molar-refractivity contribution in [3.63, 3.8) is 0 Å². The van der Waals surface area contributed by atoms with Crippen LogP contribution in [0.2, 0.25) is 0 Å². The van der Waals surface area contributed by atoms with Gasteiger partial charge in [0.1, 0.15) is 0 Å². The van der Waals surface area contributed by atoms with Crippen LogP contribution in [0.25, 0.3) is 11.1 Å². The molecule has 0 aromatic heterocycles. The Morgan fingerprint density at radius 1 is 0.708 bits per heavy atom. The molecule has 6 aliphatic carbocycles. The highest BCUT2D eigenvalue weighted by Gasteiger charge is 2.39. The highest BCUT2D eigenvalue weighted by atomic mass is 14.8. The predicted molar refractivity (Wildman–Crippen MR) is 201 cm³/mol. The molecular weight excluding hydrogens is 579 g/mol. The molecule has 0 N–H and O–H groups in total. The quantitative estimate of drug-likeness (QED) is 0.257. The Balaban J connectivity index is 0.962. The zero-order chi connectivity index (χ0) is 31.6. The lowest BCUT2D eigenvalue weighted by Crippen LogP contribution is -2.30. The molecule has 1 heterocycles. The fourth-order valence-electron chi connectivity index (χ4n) is 10.4. The van der Waals surface area contributed by atoms with Crippen LogP contribution in [-0.4, -0.2) is 5.71 Å². The molecule has 6 atom stereocenters. The fourth-order valence-corrected chi connectivity index (χ4v) is 10.4. The molecule has 0 amide bonds. The lowest BCUT2D eigenvalue weighted by molar-refractivity contribution is 0.507. The molecular formula is C47H45N. The second-order valence-electron chi connectivity index (χ2n) is 15.3. The van der Waals surface area contributed by atoms with Crippen LogP contribution in [0.4, 0.5) is 0 Å². The summed E-state index contributed by atoms with van der Waals surface area (Å²) < 4.78 is 0. The molecule has 1 nitrogen and oxygen atoms in total. The Morgan fingerprint density at radius 2 is 1.65 bits per heavy atom. The molecule has 238 valence electrons. The molecule has 3 aromatic carbocycles. The van der Waals surface area contributed by atoms with Gasteiger partial charge < -0.3 is 0 Å². The molecule has 0 saturated carbocycles. The standard InChI is InChI=1S/C47H45N/c1-2-17-37-35(15-1)36-16-4-6-21-41(36)45-29-33(23-24-42(37)45)31-12-9-11-30(27-31)32-13-10-14-34(28-32)46-26-25-44-40-20-5-3-18-38(40)39-19-7-8-22-43(39)47(44)48-46/h1,3-5,7,10,13-16,18-20,22-24,27-30,36,39,41,44,46H,2,6,8-9,11-12,17,21,25-26H2. The normalized spacial score (nSPS) is 29.7. The Bertz CT molecular complexity index is 2020. The van der Waals surface area contributed by atoms with Gasteiger partial charge in [-0.25, -0.2) is 0 Å². The van der Waals surface area contributed by atoms with Gasteiger partial charge in [0.05, 0.1) is 6.04 Å². The van der Waals surface area contributed by atoms with E-state index in [1.54, 1.807) is 27.8 Å². The molecule has 3 aromatic rings. The van der Waals surface area contributed by atoms with Gasteiger partial charge >= 0.3 is 0 Å². The smallest absolute Gasteiger partial charge is 0.0753 e. The topological polar surface area (TPSA) is 12.4 Å². The monoisotopic (exact) mass is 623 g/mol. The minimum absolute atomic E-state index is 0.243. The van der Waals surface area contributed by atoms with E-state index in [0.29, 0.717) is 29.6 Å². The Morgan fingerprint density at radius 3 is 2.62 bits per heavy atom. The second kappa shape index (κ2) is 11.7. The van der Waals surface area contributed by atoms with Crippen molar-refractivity contribution in [1.82, 2.24) is 0 Å². The average molecular weight is 624 g/mol. The summed E-state index contributed by atoms with van der Waals surface area (Å²) >= 11 is 0. The molecule has 1 heteroatoms. The molecule has 6 unspecified atom stereocenters. The number of hydrogen-bond acceptors (Lipinski definition) is 1. The number of nitrogens with zero attached hydrogens (tertiary/aromatic N) is 1. The molecule has 0 fully saturated rings. The summed E-state index contributed by atoms with van der Waals surface area (Å²) in [5, 5.41) is 0. The fraction of sp³-hybridized carbons (Fsp3) is 0.340. The lowest BCUT2D eigenvalue weighted by Gasteiger charge is -2.39. The molecule has 0 radical (unpaired) electrons. The van der Waals surface area contributed by atoms with Gasteiger partial charge in [-0.2, -0.15) is 0 Å². The first-order valence-corrected chi connectivity index (χ1v) is 18.9. The molecule has 1 aliphatic heterocycles. The maximum Gasteiger partial charge on any atom is 0.0753 e. The van der Waals surface area contributed by atoms with Crippen LogP contribution in [0.1, 0.15) is 133 Å². The summed E-state index contributed by atoms with van der Waals surface area (Å²) in [6.45, 7) is 0. The van der Waals surface area contributed by atoms with Crippen molar-refractivity contribution < 1.29 is 0 Å². The summed E-state index contributed by atoms with van der Waals surface area (Å²) in [5.74, 6) is 2.44. The maximum atomic E-state index is 5.60. The third kappa shape index (κ3) is 4.68. The van der Waals surface area contributed by atoms with Crippen LogP contribution in [0.5, 0.6) is 0 Å². The Labute approximate surface area is 286 Å². The zero-order valence-corrected chi connectivity index (χ0v) is 28.0. The third-order valence-corrected chi connectivity index (χ3v) is 12.7. The third-order valence-electron chi connectivity index (χ3n) is 12.7. The first-order chi connectivity index (χ1) is 23.8. The van der Waals surface area contributed by atoms with E-state index in [-0.39, 0.29) is 6.04 Å². The van der Waals surface area contributed by atoms with Gasteiger partial charge in [0, 0.05) is 29.4 Å². The van der Waals surface area contributed by atoms with Gasteiger partial charge in [0.25, 0.3) is 0 Å². The van der Waals surface area contributed by atoms with Crippen LogP contribution in [0.15, 0.2) is 131 Å². The highest BCUT2D eigenvalue weighted by molar-refractivity contribution is 6.09. The highest BCUT2D eigenvalue weighted by Crippen LogP contribution is 2.52. The summed E-state index contributed by atoms with van der Waals surface area (Å²) in [4.78, 5) is 5.60. The van der Waals surface area contributed by atoms with Crippen molar-refractivity contribution >= 4 is 16.9 Å². The van der Waals surface area contributed by atoms with Crippen molar-refractivity contribution in [2.45, 2.75) is 93.9 Å². The van der Waals surface area contributed by atoms with Gasteiger partial charge in [-0.3, -0.25) is 4.99 Å². The number of allylic oxidation sites excluding steroid dienone is 12. The number of fused-ring (bicyclic) bond motifs is 11. The van der Waals surface area contributed by atoms with E-state index in [1.165, 1.54) is 90.5 Å². The minimum Gasteiger partial charge on any atom is -0.281 e. The summed E-state index contributed by atoms with van der Waals surface area (Å²) in [7, 11) is 0. The minimum atomic E-state index is 0.243. The summed E-state index contributed by atoms with van der Waals surface area (Å²) in [6, 6.07) is 26.5. The summed E-state index contributed by atoms with van der Waals surface area (Å²) in [5.41, 5.74) is 18.1. The van der Waals surface area contributed by atoms with Gasteiger partial charge in [-0.1, -0.05) is 115 Å². The van der Waals surface area contributed by atoms with Crippen LogP contribution in [0.3, 0.4) is 0 Å². The Kier molecular flexibility index (Phi) is 7.02. The van der Waals surface area contributed by atoms with Crippen LogP contribution < -0.4 is 0 Å². The van der Waals surface area contributed by atoms with Crippen LogP contribution >= 0.6 is 0 Å². The van der Waals surface area contributed by atoms with E-state index in [0.717, 1.165) is 12.8 Å². The number of rotatable bonds is 3. The second-order valence-corrected chi connectivity index (χ2v) is 15.3. The van der Waals surface area contributed by atoms with E-state index in [1.807, 2.05) is 0 Å². The largest absolute Gasteiger partial charge is 0.281 e. The lowest BCUT2D eigenvalue weighted by atomic mass is 9.65. The number of aliphatic imine (C=N–C) groups is 1. The van der Waals surface area contributed by atoms with E-state index in [2.05, 4.69) is 115 Å². The van der Waals surface area contributed by atoms with Gasteiger partial charge in [0.2, 0.25) is 0 Å². The predicted octanol–water partition coefficient (Wildman–Crippen LogP) is 12.2. The first-order valence-electron chi connectivity index (χ1n) is 18.9. The zero-order valence-electron chi connectivity index (χ0n) is 28.0. The first kappa shape index (κ1) is 28.8. The molecule has 0 saturated heterocycles. The van der Waals surface area contributed by atoms with E-state index < -0.39 is 0 Å². The number of hydrogen-bond donors (Lipinski definition) is 0. The maximum absolute atomic E-state index is 5.60. The van der Waals surface area contributed by atoms with Crippen LogP contribution in [-0.2, 0) is 0 Å². The summed E-state index contributed by atoms with van der Waals surface area (Å²) in [6.07, 6.45) is 31.4. The van der Waals surface area contributed by atoms with Gasteiger partial charge in [-0.05, 0) is 131 Å². The van der Waals surface area contributed by atoms with Gasteiger partial charge in [0.15, 0.2) is 0 Å². The SMILES string of the molecule is C1=CC2C(=CC1)C1=NC(c3cccc(C4C=C(c5ccc6c(c5)C5CCC=CC5C5=C6CCC=C5)CCC4)c3)CCC1c1ccccc12. The number of benzene rings is 3.